The molecule has 3 heterocycles. The van der Waals surface area contributed by atoms with Crippen LogP contribution in [0.3, 0.4) is 0 Å². The fraction of sp³-hybridized carbons (Fsp3) is 0.528. The van der Waals surface area contributed by atoms with Gasteiger partial charge in [-0.05, 0) is 84.0 Å². The summed E-state index contributed by atoms with van der Waals surface area (Å²) < 4.78 is 0. The average molecular weight is 628 g/mol. The van der Waals surface area contributed by atoms with Gasteiger partial charge < -0.3 is 15.1 Å². The molecular weight excluding hydrogens is 582 g/mol. The van der Waals surface area contributed by atoms with Gasteiger partial charge in [-0.1, -0.05) is 27.7 Å². The Morgan fingerprint density at radius 1 is 0.957 bits per heavy atom. The van der Waals surface area contributed by atoms with E-state index in [9.17, 15) is 24.0 Å². The summed E-state index contributed by atoms with van der Waals surface area (Å²) in [4.78, 5) is 68.6. The summed E-state index contributed by atoms with van der Waals surface area (Å²) >= 11 is 0. The number of amides is 4. The van der Waals surface area contributed by atoms with Crippen molar-refractivity contribution in [3.8, 4) is 0 Å². The van der Waals surface area contributed by atoms with Crippen LogP contribution in [-0.4, -0.2) is 78.0 Å². The molecule has 2 aromatic carbocycles. The normalized spacial score (nSPS) is 22.9. The van der Waals surface area contributed by atoms with Crippen molar-refractivity contribution in [2.45, 2.75) is 91.0 Å². The quantitative estimate of drug-likeness (QED) is 0.353. The van der Waals surface area contributed by atoms with E-state index in [1.165, 1.54) is 4.90 Å². The average Bonchev–Trinajstić information content (AvgIpc) is 3.45. The standard InChI is InChI=1S/C36H45N5O5/c1-35(2)21-36(3,4)34(35)38-31(44)22-6-8-26(9-7-22)40-14-12-27(13-15-40)41-18-23-16-25(20-42)28(17-24(23)19-41)33(46)39(5)29-10-11-30(43)37-32(29)45/h6-9,16-17,20,27,29,34H,10-15,18-19,21H2,1-5H3,(H,38,44)(H,37,43,45). The van der Waals surface area contributed by atoms with E-state index in [0.717, 1.165) is 55.7 Å². The Balaban J connectivity index is 1.05. The van der Waals surface area contributed by atoms with Crippen molar-refractivity contribution >= 4 is 35.6 Å². The van der Waals surface area contributed by atoms with Gasteiger partial charge in [-0.2, -0.15) is 0 Å². The lowest BCUT2D eigenvalue weighted by Crippen LogP contribution is -2.63. The smallest absolute Gasteiger partial charge is 0.255 e. The maximum Gasteiger partial charge on any atom is 0.255 e. The second kappa shape index (κ2) is 12.0. The zero-order valence-electron chi connectivity index (χ0n) is 27.5. The first-order valence-corrected chi connectivity index (χ1v) is 16.4. The van der Waals surface area contributed by atoms with Crippen LogP contribution in [0.15, 0.2) is 36.4 Å². The minimum Gasteiger partial charge on any atom is -0.371 e. The number of imide groups is 1. The van der Waals surface area contributed by atoms with Crippen molar-refractivity contribution in [3.63, 3.8) is 0 Å². The van der Waals surface area contributed by atoms with Crippen LogP contribution < -0.4 is 15.5 Å². The fourth-order valence-corrected chi connectivity index (χ4v) is 8.64. The number of hydrogen-bond acceptors (Lipinski definition) is 7. The Hall–Kier alpha value is -4.05. The number of fused-ring (bicyclic) bond motifs is 1. The predicted molar refractivity (Wildman–Crippen MR) is 174 cm³/mol. The molecule has 3 fully saturated rings. The zero-order valence-corrected chi connectivity index (χ0v) is 27.5. The molecule has 244 valence electrons. The number of carbonyl (C=O) groups is 5. The number of hydrogen-bond donors (Lipinski definition) is 2. The predicted octanol–water partition coefficient (Wildman–Crippen LogP) is 3.92. The highest BCUT2D eigenvalue weighted by molar-refractivity contribution is 6.06. The highest BCUT2D eigenvalue weighted by Crippen LogP contribution is 2.53. The Morgan fingerprint density at radius 3 is 2.17 bits per heavy atom. The lowest BCUT2D eigenvalue weighted by molar-refractivity contribution is -0.136. The first-order valence-electron chi connectivity index (χ1n) is 16.4. The number of likely N-dealkylation sites (N-methyl/N-ethyl adjacent to an activating group) is 1. The van der Waals surface area contributed by atoms with E-state index >= 15 is 0 Å². The summed E-state index contributed by atoms with van der Waals surface area (Å²) in [6.07, 6.45) is 4.19. The minimum absolute atomic E-state index is 0.0186. The molecule has 0 bridgehead atoms. The Bertz CT molecular complexity index is 1560. The van der Waals surface area contributed by atoms with Gasteiger partial charge in [0.2, 0.25) is 11.8 Å². The molecule has 1 aliphatic carbocycles. The first-order chi connectivity index (χ1) is 21.8. The van der Waals surface area contributed by atoms with E-state index in [0.29, 0.717) is 30.0 Å². The number of nitrogens with one attached hydrogen (secondary N) is 2. The van der Waals surface area contributed by atoms with Crippen LogP contribution in [0.4, 0.5) is 5.69 Å². The molecule has 6 rings (SSSR count). The Labute approximate surface area is 270 Å². The van der Waals surface area contributed by atoms with Crippen LogP contribution in [0, 0.1) is 10.8 Å². The molecule has 3 aliphatic heterocycles. The van der Waals surface area contributed by atoms with Gasteiger partial charge in [0, 0.05) is 68.5 Å². The topological polar surface area (TPSA) is 119 Å². The van der Waals surface area contributed by atoms with Crippen molar-refractivity contribution in [1.29, 1.82) is 0 Å². The maximum atomic E-state index is 13.4. The summed E-state index contributed by atoms with van der Waals surface area (Å²) in [7, 11) is 1.54. The van der Waals surface area contributed by atoms with Crippen LogP contribution in [-0.2, 0) is 22.7 Å². The SMILES string of the molecule is CN(C(=O)c1cc2c(cc1C=O)CN(C1CCN(c3ccc(C(=O)NC4C(C)(C)CC4(C)C)cc3)CC1)C2)C1CCC(=O)NC1=O. The van der Waals surface area contributed by atoms with Crippen LogP contribution in [0.5, 0.6) is 0 Å². The molecule has 0 aromatic heterocycles. The molecule has 46 heavy (non-hydrogen) atoms. The van der Waals surface area contributed by atoms with E-state index < -0.39 is 17.9 Å². The second-order valence-electron chi connectivity index (χ2n) is 14.9. The van der Waals surface area contributed by atoms with Gasteiger partial charge in [-0.3, -0.25) is 34.2 Å². The highest BCUT2D eigenvalue weighted by atomic mass is 16.2. The molecule has 10 heteroatoms. The van der Waals surface area contributed by atoms with Gasteiger partial charge in [0.25, 0.3) is 11.8 Å². The number of anilines is 1. The van der Waals surface area contributed by atoms with E-state index in [-0.39, 0.29) is 47.1 Å². The third-order valence-electron chi connectivity index (χ3n) is 10.7. The van der Waals surface area contributed by atoms with Gasteiger partial charge in [0.15, 0.2) is 6.29 Å². The highest BCUT2D eigenvalue weighted by Gasteiger charge is 2.53. The van der Waals surface area contributed by atoms with Crippen LogP contribution in [0.25, 0.3) is 0 Å². The Kier molecular flexibility index (Phi) is 8.29. The molecule has 0 radical (unpaired) electrons. The van der Waals surface area contributed by atoms with Crippen molar-refractivity contribution in [1.82, 2.24) is 20.4 Å². The van der Waals surface area contributed by atoms with Crippen molar-refractivity contribution in [3.05, 3.63) is 64.2 Å². The van der Waals surface area contributed by atoms with Gasteiger partial charge >= 0.3 is 0 Å². The molecule has 1 atom stereocenters. The molecule has 1 saturated carbocycles. The molecule has 4 aliphatic rings. The van der Waals surface area contributed by atoms with Gasteiger partial charge in [0.05, 0.1) is 5.56 Å². The number of nitrogens with zero attached hydrogens (tertiary/aromatic N) is 3. The molecular formula is C36H45N5O5. The zero-order chi connectivity index (χ0) is 33.0. The summed E-state index contributed by atoms with van der Waals surface area (Å²) in [5.74, 6) is -1.24. The van der Waals surface area contributed by atoms with Crippen LogP contribution >= 0.6 is 0 Å². The molecule has 2 saturated heterocycles. The van der Waals surface area contributed by atoms with Gasteiger partial charge in [-0.25, -0.2) is 0 Å². The lowest BCUT2D eigenvalue weighted by Gasteiger charge is -2.57. The third-order valence-corrected chi connectivity index (χ3v) is 10.7. The Morgan fingerprint density at radius 2 is 1.59 bits per heavy atom. The lowest BCUT2D eigenvalue weighted by atomic mass is 9.52. The van der Waals surface area contributed by atoms with Gasteiger partial charge in [0.1, 0.15) is 6.04 Å². The number of aldehydes is 1. The number of piperidine rings is 2. The molecule has 10 nitrogen and oxygen atoms in total. The van der Waals surface area contributed by atoms with Crippen molar-refractivity contribution in [2.24, 2.45) is 10.8 Å². The molecule has 4 amide bonds. The monoisotopic (exact) mass is 627 g/mol. The molecule has 2 N–H and O–H groups in total. The minimum atomic E-state index is -0.750. The summed E-state index contributed by atoms with van der Waals surface area (Å²) in [6, 6.07) is 11.3. The van der Waals surface area contributed by atoms with Crippen molar-refractivity contribution < 1.29 is 24.0 Å². The number of rotatable bonds is 7. The summed E-state index contributed by atoms with van der Waals surface area (Å²) in [6.45, 7) is 12.1. The van der Waals surface area contributed by atoms with E-state index in [1.807, 2.05) is 36.4 Å². The van der Waals surface area contributed by atoms with E-state index in [1.54, 1.807) is 7.05 Å². The molecule has 2 aromatic rings. The molecule has 1 unspecified atom stereocenters. The third kappa shape index (κ3) is 5.95. The first kappa shape index (κ1) is 31.9. The number of benzene rings is 2. The second-order valence-corrected chi connectivity index (χ2v) is 14.9. The number of carbonyl (C=O) groups excluding carboxylic acids is 5. The summed E-state index contributed by atoms with van der Waals surface area (Å²) in [5, 5.41) is 5.57. The fourth-order valence-electron chi connectivity index (χ4n) is 8.64. The molecule has 0 spiro atoms. The van der Waals surface area contributed by atoms with Crippen molar-refractivity contribution in [2.75, 3.05) is 25.0 Å². The van der Waals surface area contributed by atoms with Crippen LogP contribution in [0.2, 0.25) is 0 Å². The summed E-state index contributed by atoms with van der Waals surface area (Å²) in [5.41, 5.74) is 4.68. The largest absolute Gasteiger partial charge is 0.371 e. The van der Waals surface area contributed by atoms with Gasteiger partial charge in [-0.15, -0.1) is 0 Å². The van der Waals surface area contributed by atoms with Crippen LogP contribution in [0.1, 0.15) is 102 Å². The maximum absolute atomic E-state index is 13.4. The van der Waals surface area contributed by atoms with E-state index in [4.69, 9.17) is 0 Å². The van der Waals surface area contributed by atoms with E-state index in [2.05, 4.69) is 48.1 Å².